The first-order valence-electron chi connectivity index (χ1n) is 10.8. The van der Waals surface area contributed by atoms with E-state index < -0.39 is 0 Å². The molecule has 0 spiro atoms. The van der Waals surface area contributed by atoms with Crippen LogP contribution in [0, 0.1) is 5.92 Å². The first-order valence-corrected chi connectivity index (χ1v) is 10.8. The molecular formula is C22H34N4O3. The number of likely N-dealkylation sites (N-methyl/N-ethyl adjacent to an activating group) is 1. The maximum absolute atomic E-state index is 12.5. The summed E-state index contributed by atoms with van der Waals surface area (Å²) in [5, 5.41) is 2.98. The van der Waals surface area contributed by atoms with Gasteiger partial charge in [0.15, 0.2) is 0 Å². The maximum atomic E-state index is 12.5. The molecule has 0 radical (unpaired) electrons. The third-order valence-electron chi connectivity index (χ3n) is 5.83. The quantitative estimate of drug-likeness (QED) is 0.704. The number of amides is 1. The number of esters is 1. The van der Waals surface area contributed by atoms with E-state index in [-0.39, 0.29) is 17.8 Å². The molecule has 2 aliphatic rings. The maximum Gasteiger partial charge on any atom is 0.310 e. The molecule has 3 rings (SSSR count). The number of carbonyl (C=O) groups is 2. The van der Waals surface area contributed by atoms with Gasteiger partial charge in [0.25, 0.3) is 0 Å². The molecule has 160 valence electrons. The van der Waals surface area contributed by atoms with Crippen molar-refractivity contribution in [2.45, 2.75) is 26.7 Å². The van der Waals surface area contributed by atoms with E-state index in [1.54, 1.807) is 0 Å². The number of anilines is 2. The Hall–Kier alpha value is -2.12. The summed E-state index contributed by atoms with van der Waals surface area (Å²) in [7, 11) is 0. The summed E-state index contributed by atoms with van der Waals surface area (Å²) in [5.74, 6) is -0.309. The van der Waals surface area contributed by atoms with Gasteiger partial charge in [-0.2, -0.15) is 0 Å². The van der Waals surface area contributed by atoms with Gasteiger partial charge in [-0.25, -0.2) is 0 Å². The molecule has 2 heterocycles. The van der Waals surface area contributed by atoms with E-state index in [1.807, 2.05) is 24.0 Å². The van der Waals surface area contributed by atoms with Crippen LogP contribution in [-0.4, -0.2) is 80.6 Å². The van der Waals surface area contributed by atoms with Gasteiger partial charge in [-0.15, -0.1) is 0 Å². The lowest BCUT2D eigenvalue weighted by Gasteiger charge is -2.35. The van der Waals surface area contributed by atoms with Crippen molar-refractivity contribution in [2.24, 2.45) is 5.92 Å². The van der Waals surface area contributed by atoms with Crippen molar-refractivity contribution in [1.29, 1.82) is 0 Å². The zero-order valence-electron chi connectivity index (χ0n) is 17.7. The molecule has 0 unspecified atom stereocenters. The van der Waals surface area contributed by atoms with Crippen LogP contribution in [0.3, 0.4) is 0 Å². The van der Waals surface area contributed by atoms with Crippen molar-refractivity contribution < 1.29 is 14.3 Å². The van der Waals surface area contributed by atoms with Crippen molar-refractivity contribution in [3.63, 3.8) is 0 Å². The molecule has 0 aliphatic carbocycles. The van der Waals surface area contributed by atoms with Gasteiger partial charge >= 0.3 is 5.97 Å². The van der Waals surface area contributed by atoms with Crippen LogP contribution in [-0.2, 0) is 14.3 Å². The lowest BCUT2D eigenvalue weighted by molar-refractivity contribution is -0.150. The zero-order valence-corrected chi connectivity index (χ0v) is 17.7. The van der Waals surface area contributed by atoms with E-state index >= 15 is 0 Å². The summed E-state index contributed by atoms with van der Waals surface area (Å²) in [5.41, 5.74) is 2.01. The van der Waals surface area contributed by atoms with Gasteiger partial charge in [-0.05, 0) is 57.1 Å². The van der Waals surface area contributed by atoms with Gasteiger partial charge < -0.3 is 19.9 Å². The summed E-state index contributed by atoms with van der Waals surface area (Å²) in [6.45, 7) is 11.5. The molecule has 0 bridgehead atoms. The highest BCUT2D eigenvalue weighted by Gasteiger charge is 2.27. The van der Waals surface area contributed by atoms with Crippen LogP contribution in [0.2, 0.25) is 0 Å². The Morgan fingerprint density at radius 2 is 1.76 bits per heavy atom. The summed E-state index contributed by atoms with van der Waals surface area (Å²) in [6.07, 6.45) is 1.75. The van der Waals surface area contributed by atoms with Crippen LogP contribution in [0.25, 0.3) is 0 Å². The van der Waals surface area contributed by atoms with Gasteiger partial charge in [0.1, 0.15) is 0 Å². The minimum atomic E-state index is -0.145. The zero-order chi connectivity index (χ0) is 20.6. The molecule has 1 aromatic rings. The molecule has 1 aromatic carbocycles. The Morgan fingerprint density at radius 3 is 2.41 bits per heavy atom. The average Bonchev–Trinajstić information content (AvgIpc) is 2.75. The largest absolute Gasteiger partial charge is 0.466 e. The van der Waals surface area contributed by atoms with Gasteiger partial charge in [-0.3, -0.25) is 14.5 Å². The van der Waals surface area contributed by atoms with Crippen molar-refractivity contribution in [1.82, 2.24) is 9.80 Å². The second-order valence-electron chi connectivity index (χ2n) is 7.84. The van der Waals surface area contributed by atoms with E-state index in [0.29, 0.717) is 19.7 Å². The lowest BCUT2D eigenvalue weighted by Crippen LogP contribution is -2.46. The molecule has 1 atom stereocenters. The number of likely N-dealkylation sites (tertiary alicyclic amines) is 1. The van der Waals surface area contributed by atoms with E-state index in [2.05, 4.69) is 34.2 Å². The first kappa shape index (κ1) is 21.6. The Labute approximate surface area is 174 Å². The highest BCUT2D eigenvalue weighted by Crippen LogP contribution is 2.20. The van der Waals surface area contributed by atoms with E-state index in [4.69, 9.17) is 4.74 Å². The van der Waals surface area contributed by atoms with Crippen LogP contribution in [0.4, 0.5) is 11.4 Å². The van der Waals surface area contributed by atoms with Crippen molar-refractivity contribution in [2.75, 3.05) is 69.2 Å². The topological polar surface area (TPSA) is 65.1 Å². The molecule has 0 aromatic heterocycles. The Balaban J connectivity index is 1.46. The fraction of sp³-hybridized carbons (Fsp3) is 0.636. The van der Waals surface area contributed by atoms with Crippen LogP contribution in [0.15, 0.2) is 24.3 Å². The molecule has 0 saturated carbocycles. The minimum Gasteiger partial charge on any atom is -0.466 e. The third kappa shape index (κ3) is 6.18. The number of hydrogen-bond donors (Lipinski definition) is 1. The first-order chi connectivity index (χ1) is 14.1. The van der Waals surface area contributed by atoms with Gasteiger partial charge in [0.2, 0.25) is 5.91 Å². The summed E-state index contributed by atoms with van der Waals surface area (Å²) in [4.78, 5) is 31.3. The second kappa shape index (κ2) is 10.6. The van der Waals surface area contributed by atoms with Crippen LogP contribution >= 0.6 is 0 Å². The molecule has 2 fully saturated rings. The summed E-state index contributed by atoms with van der Waals surface area (Å²) < 4.78 is 5.13. The molecule has 7 nitrogen and oxygen atoms in total. The lowest BCUT2D eigenvalue weighted by atomic mass is 9.98. The van der Waals surface area contributed by atoms with Crippen LogP contribution in [0.1, 0.15) is 26.7 Å². The molecule has 1 N–H and O–H groups in total. The predicted molar refractivity (Wildman–Crippen MR) is 115 cm³/mol. The van der Waals surface area contributed by atoms with Gasteiger partial charge in [-0.1, -0.05) is 6.92 Å². The van der Waals surface area contributed by atoms with E-state index in [9.17, 15) is 9.59 Å². The van der Waals surface area contributed by atoms with Crippen molar-refractivity contribution >= 4 is 23.3 Å². The number of ether oxygens (including phenoxy) is 1. The molecule has 7 heteroatoms. The minimum absolute atomic E-state index is 0.0428. The molecule has 29 heavy (non-hydrogen) atoms. The van der Waals surface area contributed by atoms with Crippen LogP contribution < -0.4 is 10.2 Å². The van der Waals surface area contributed by atoms with Gasteiger partial charge in [0, 0.05) is 44.1 Å². The number of hydrogen-bond acceptors (Lipinski definition) is 6. The van der Waals surface area contributed by atoms with Crippen molar-refractivity contribution in [3.05, 3.63) is 24.3 Å². The van der Waals surface area contributed by atoms with Crippen LogP contribution in [0.5, 0.6) is 0 Å². The van der Waals surface area contributed by atoms with E-state index in [0.717, 1.165) is 57.8 Å². The number of nitrogens with zero attached hydrogens (tertiary/aromatic N) is 3. The molecular weight excluding hydrogens is 368 g/mol. The standard InChI is InChI=1S/C22H34N4O3/c1-3-24-12-14-26(15-13-24)20-9-7-19(8-10-20)23-21(27)17-25-11-5-6-18(16-25)22(28)29-4-2/h7-10,18H,3-6,11-17H2,1-2H3,(H,23,27)/t18-/m1/s1. The third-order valence-corrected chi connectivity index (χ3v) is 5.83. The smallest absolute Gasteiger partial charge is 0.310 e. The fourth-order valence-corrected chi connectivity index (χ4v) is 4.13. The number of rotatable bonds is 7. The fourth-order valence-electron chi connectivity index (χ4n) is 4.13. The Bertz CT molecular complexity index is 671. The number of carbonyl (C=O) groups excluding carboxylic acids is 2. The normalized spacial score (nSPS) is 21.0. The molecule has 2 saturated heterocycles. The number of nitrogens with one attached hydrogen (secondary N) is 1. The Kier molecular flexibility index (Phi) is 7.89. The monoisotopic (exact) mass is 402 g/mol. The number of benzene rings is 1. The Morgan fingerprint density at radius 1 is 1.03 bits per heavy atom. The van der Waals surface area contributed by atoms with Gasteiger partial charge in [0.05, 0.1) is 19.1 Å². The van der Waals surface area contributed by atoms with E-state index in [1.165, 1.54) is 5.69 Å². The SMILES string of the molecule is CCOC(=O)[C@@H]1CCCN(CC(=O)Nc2ccc(N3CCN(CC)CC3)cc2)C1. The predicted octanol–water partition coefficient (Wildman–Crippen LogP) is 2.04. The highest BCUT2D eigenvalue weighted by molar-refractivity contribution is 5.92. The number of piperidine rings is 1. The summed E-state index contributed by atoms with van der Waals surface area (Å²) in [6, 6.07) is 8.10. The molecule has 1 amide bonds. The average molecular weight is 403 g/mol. The highest BCUT2D eigenvalue weighted by atomic mass is 16.5. The second-order valence-corrected chi connectivity index (χ2v) is 7.84. The number of piperazine rings is 1. The van der Waals surface area contributed by atoms with Crippen molar-refractivity contribution in [3.8, 4) is 0 Å². The molecule has 2 aliphatic heterocycles. The summed E-state index contributed by atoms with van der Waals surface area (Å²) >= 11 is 0.